The summed E-state index contributed by atoms with van der Waals surface area (Å²) >= 11 is 6.93. The standard InChI is InChI=1S/2C14H13NO4.C13H11NO4.C7H6O4.C6H7NO.4C2H6.2CH3I.2Ag.2O/c2*1-18-12-6-4-11(5-7-12)15-9-10(14(17)19-2)3-8-13(15)16;1-18-13(17)9-2-7-12(16)14(8-9)10-3-5-11(15)6-4-10;1-10-7(9)5-2-3-6(8)11-4-5;7-5-1-3-6(8)4-2-5;6*1-2;;;;/h2*3-9H,1-2H3;2-8,15H,1H3;2-4H,1H3;1-4,8H,7H2;4*1-2H3;2*1H3;;;;/i;;;;;;;;;1D3;;;;;. The zero-order valence-electron chi connectivity index (χ0n) is 55.8. The molecule has 0 aliphatic rings. The van der Waals surface area contributed by atoms with E-state index in [1.54, 1.807) is 141 Å². The molecule has 4 aromatic heterocycles. The van der Waals surface area contributed by atoms with Crippen LogP contribution in [-0.2, 0) is 67.5 Å². The third-order valence-corrected chi connectivity index (χ3v) is 9.84. The van der Waals surface area contributed by atoms with Gasteiger partial charge in [-0.2, -0.15) is 0 Å². The Hall–Kier alpha value is -7.90. The molecule has 0 saturated heterocycles. The van der Waals surface area contributed by atoms with Crippen molar-refractivity contribution in [3.8, 4) is 40.1 Å². The second kappa shape index (κ2) is 58.5. The topological polar surface area (TPSA) is 320 Å². The van der Waals surface area contributed by atoms with Crippen molar-refractivity contribution in [2.24, 2.45) is 0 Å². The molecule has 506 valence electrons. The fourth-order valence-corrected chi connectivity index (χ4v) is 5.95. The fraction of sp³-hybridized carbons (Fsp3) is 0.250. The zero-order chi connectivity index (χ0) is 73.5. The van der Waals surface area contributed by atoms with Crippen molar-refractivity contribution in [1.29, 1.82) is 0 Å². The summed E-state index contributed by atoms with van der Waals surface area (Å²) in [7, 11) is 8.26. The number of ether oxygens (including phenoxy) is 6. The molecule has 4 aromatic carbocycles. The monoisotopic (exact) mass is 1680 g/mol. The Bertz CT molecular complexity index is 3450. The molecule has 8 rings (SSSR count). The zero-order valence-corrected chi connectivity index (χ0v) is 60.1. The Morgan fingerprint density at radius 3 is 0.901 bits per heavy atom. The van der Waals surface area contributed by atoms with E-state index in [-0.39, 0.29) is 39.3 Å². The van der Waals surface area contributed by atoms with Crippen molar-refractivity contribution in [2.75, 3.05) is 58.2 Å². The molecule has 0 bridgehead atoms. The first-order valence-corrected chi connectivity index (χ1v) is 30.9. The molecule has 23 nitrogen and oxygen atoms in total. The van der Waals surface area contributed by atoms with Crippen LogP contribution in [0.15, 0.2) is 194 Å². The van der Waals surface area contributed by atoms with E-state index in [0.717, 1.165) is 12.3 Å². The van der Waals surface area contributed by atoms with Gasteiger partial charge in [0, 0.05) is 69.7 Å². The van der Waals surface area contributed by atoms with E-state index in [9.17, 15) is 43.5 Å². The van der Waals surface area contributed by atoms with Gasteiger partial charge in [0.1, 0.15) is 29.3 Å². The third kappa shape index (κ3) is 35.9. The number of nitrogens with two attached hydrogens (primary N) is 1. The van der Waals surface area contributed by atoms with Gasteiger partial charge in [-0.1, -0.05) is 101 Å². The predicted molar refractivity (Wildman–Crippen MR) is 360 cm³/mol. The Morgan fingerprint density at radius 2 is 0.670 bits per heavy atom. The van der Waals surface area contributed by atoms with Gasteiger partial charge >= 0.3 is 78.1 Å². The molecule has 0 fully saturated rings. The Kier molecular flexibility index (Phi) is 54.7. The molecule has 0 atom stereocenters. The van der Waals surface area contributed by atoms with Gasteiger partial charge in [-0.05, 0) is 131 Å². The van der Waals surface area contributed by atoms with E-state index in [1.165, 1.54) is 138 Å². The molecule has 0 unspecified atom stereocenters. The molecule has 0 aliphatic heterocycles. The minimum atomic E-state index is -1.78. The summed E-state index contributed by atoms with van der Waals surface area (Å²) in [6.45, 7) is 16.0. The SMILES string of the molecule is CC.CC.CC.CC.CI.COC(=O)c1ccc(=O)n(-c2ccc(O)cc2)c1.COC(=O)c1ccc(=O)n(-c2ccc(OC)cc2)c1.COC(=O)c1ccc(=O)n(-c2ccc(OC)cc2)c1.COC(=O)c1ccc(=O)oc1.Nc1ccc(O)cc1.[2H]C([2H])([2H])I.[O]=[Ag].[O]=[Ag]. The van der Waals surface area contributed by atoms with Crippen LogP contribution in [0.5, 0.6) is 23.0 Å². The number of pyridine rings is 3. The third-order valence-electron chi connectivity index (χ3n) is 9.84. The summed E-state index contributed by atoms with van der Waals surface area (Å²) in [5.74, 6) is -0.252. The average molecular weight is 1680 g/mol. The van der Waals surface area contributed by atoms with Gasteiger partial charge in [0.05, 0.1) is 64.9 Å². The Morgan fingerprint density at radius 1 is 0.429 bits per heavy atom. The number of rotatable bonds is 9. The van der Waals surface area contributed by atoms with Crippen molar-refractivity contribution < 1.29 is 115 Å². The second-order valence-corrected chi connectivity index (χ2v) is 14.7. The molecule has 91 heavy (non-hydrogen) atoms. The van der Waals surface area contributed by atoms with Crippen molar-refractivity contribution in [3.05, 3.63) is 234 Å². The molecule has 27 heteroatoms. The number of anilines is 1. The molecule has 0 aliphatic carbocycles. The Labute approximate surface area is 586 Å². The number of hydrogen-bond acceptors (Lipinski definition) is 20. The van der Waals surface area contributed by atoms with Crippen LogP contribution in [0.4, 0.5) is 5.69 Å². The average Bonchev–Trinajstić information content (AvgIpc) is 0.847. The normalized spacial score (nSPS) is 9.22. The number of aromatic hydroxyl groups is 2. The van der Waals surface area contributed by atoms with Crippen LogP contribution in [-0.4, -0.2) is 100 Å². The number of nitrogen functional groups attached to an aromatic ring is 1. The van der Waals surface area contributed by atoms with Crippen LogP contribution in [0.25, 0.3) is 17.1 Å². The number of esters is 4. The predicted octanol–water partition coefficient (Wildman–Crippen LogP) is 12.0. The summed E-state index contributed by atoms with van der Waals surface area (Å²) in [5.41, 5.74) is 7.78. The molecule has 0 amide bonds. The van der Waals surface area contributed by atoms with Crippen molar-refractivity contribution in [1.82, 2.24) is 13.7 Å². The number of halogens is 2. The van der Waals surface area contributed by atoms with Gasteiger partial charge in [0.2, 0.25) is 0 Å². The van der Waals surface area contributed by atoms with Crippen LogP contribution in [0.3, 0.4) is 0 Å². The first kappa shape index (κ1) is 85.2. The van der Waals surface area contributed by atoms with Crippen LogP contribution in [0.1, 0.15) is 101 Å². The molecular weight excluding hydrogens is 1600 g/mol. The Balaban J connectivity index is -0.000000335. The minimum absolute atomic E-state index is 0.107. The maximum absolute atomic E-state index is 11.8. The number of alkyl halides is 2. The first-order chi connectivity index (χ1) is 44.9. The summed E-state index contributed by atoms with van der Waals surface area (Å²) in [6, 6.07) is 37.1. The number of carbonyl (C=O) groups excluding carboxylic acids is 4. The van der Waals surface area contributed by atoms with Gasteiger partial charge in [0.25, 0.3) is 16.7 Å². The summed E-state index contributed by atoms with van der Waals surface area (Å²) in [6.07, 6.45) is 5.38. The van der Waals surface area contributed by atoms with E-state index < -0.39 is 34.4 Å². The van der Waals surface area contributed by atoms with Crippen molar-refractivity contribution in [3.63, 3.8) is 0 Å². The molecule has 4 N–H and O–H groups in total. The number of phenolic OH excluding ortho intramolecular Hbond substituents is 2. The summed E-state index contributed by atoms with van der Waals surface area (Å²) < 4.78 is 71.7. The molecular formula is C64H80Ag2I2N4O19. The van der Waals surface area contributed by atoms with Crippen molar-refractivity contribution in [2.45, 2.75) is 55.4 Å². The molecule has 4 heterocycles. The van der Waals surface area contributed by atoms with E-state index in [4.69, 9.17) is 30.9 Å². The summed E-state index contributed by atoms with van der Waals surface area (Å²) in [4.78, 5) is 91.0. The number of phenols is 2. The quantitative estimate of drug-likeness (QED) is 0.0230. The molecule has 0 spiro atoms. The van der Waals surface area contributed by atoms with Crippen LogP contribution in [0.2, 0.25) is 0 Å². The van der Waals surface area contributed by atoms with E-state index >= 15 is 0 Å². The number of nitrogens with zero attached hydrogens (tertiary/aromatic N) is 3. The van der Waals surface area contributed by atoms with E-state index in [1.807, 2.05) is 60.3 Å². The molecule has 0 radical (unpaired) electrons. The van der Waals surface area contributed by atoms with Crippen molar-refractivity contribution >= 4 is 74.7 Å². The number of methoxy groups -OCH3 is 6. The van der Waals surface area contributed by atoms with Crippen LogP contribution in [0, 0.1) is 0 Å². The number of hydrogen-bond donors (Lipinski definition) is 3. The van der Waals surface area contributed by atoms with E-state index in [2.05, 4.69) is 46.0 Å². The molecule has 8 aromatic rings. The maximum atomic E-state index is 11.8. The fourth-order valence-electron chi connectivity index (χ4n) is 5.95. The van der Waals surface area contributed by atoms with Gasteiger partial charge in [0.15, 0.2) is 0 Å². The van der Waals surface area contributed by atoms with E-state index in [0.29, 0.717) is 45.4 Å². The van der Waals surface area contributed by atoms with Crippen LogP contribution >= 0.6 is 45.2 Å². The molecule has 0 saturated carbocycles. The first-order valence-electron chi connectivity index (χ1n) is 28.0. The summed E-state index contributed by atoms with van der Waals surface area (Å²) in [5, 5.41) is 17.9. The number of aromatic nitrogens is 3. The van der Waals surface area contributed by atoms with Gasteiger partial charge in [-0.3, -0.25) is 28.1 Å². The second-order valence-electron chi connectivity index (χ2n) is 14.7. The van der Waals surface area contributed by atoms with Crippen LogP contribution < -0.4 is 37.5 Å². The number of benzene rings is 4. The number of carbonyl (C=O) groups is 4. The van der Waals surface area contributed by atoms with Gasteiger partial charge in [-0.15, -0.1) is 0 Å². The van der Waals surface area contributed by atoms with Gasteiger partial charge < -0.3 is 48.8 Å². The van der Waals surface area contributed by atoms with Gasteiger partial charge in [-0.25, -0.2) is 24.0 Å².